The second-order valence-corrected chi connectivity index (χ2v) is 7.68. The van der Waals surface area contributed by atoms with E-state index >= 15 is 0 Å². The van der Waals surface area contributed by atoms with Crippen LogP contribution in [0.3, 0.4) is 0 Å². The van der Waals surface area contributed by atoms with E-state index in [0.29, 0.717) is 18.9 Å². The molecule has 0 aliphatic heterocycles. The molecule has 0 radical (unpaired) electrons. The molecule has 1 aliphatic rings. The molecule has 0 bridgehead atoms. The second kappa shape index (κ2) is 8.17. The van der Waals surface area contributed by atoms with Gasteiger partial charge in [0, 0.05) is 35.9 Å². The maximum atomic E-state index is 14.7. The SMILES string of the molecule is CCC(=O)OC1(c2cc(F)c(F)cc2F)CC(C)(N)CCC1C(C)C.Cl. The fourth-order valence-corrected chi connectivity index (χ4v) is 3.99. The quantitative estimate of drug-likeness (QED) is 0.587. The molecule has 26 heavy (non-hydrogen) atoms. The van der Waals surface area contributed by atoms with Gasteiger partial charge in [0.05, 0.1) is 0 Å². The minimum Gasteiger partial charge on any atom is -0.454 e. The van der Waals surface area contributed by atoms with E-state index in [1.54, 1.807) is 13.8 Å². The van der Waals surface area contributed by atoms with Gasteiger partial charge in [0.2, 0.25) is 0 Å². The molecule has 2 N–H and O–H groups in total. The number of nitrogens with two attached hydrogens (primary N) is 1. The Hall–Kier alpha value is -1.27. The molecule has 1 aromatic rings. The van der Waals surface area contributed by atoms with Crippen molar-refractivity contribution in [3.05, 3.63) is 35.1 Å². The summed E-state index contributed by atoms with van der Waals surface area (Å²) in [6.07, 6.45) is 1.52. The fraction of sp³-hybridized carbons (Fsp3) is 0.632. The zero-order valence-corrected chi connectivity index (χ0v) is 16.4. The van der Waals surface area contributed by atoms with E-state index in [-0.39, 0.29) is 42.6 Å². The summed E-state index contributed by atoms with van der Waals surface area (Å²) in [7, 11) is 0. The molecule has 3 unspecified atom stereocenters. The minimum atomic E-state index is -1.42. The van der Waals surface area contributed by atoms with Crippen molar-refractivity contribution < 1.29 is 22.7 Å². The van der Waals surface area contributed by atoms with Crippen molar-refractivity contribution in [1.82, 2.24) is 0 Å². The summed E-state index contributed by atoms with van der Waals surface area (Å²) in [4.78, 5) is 12.1. The van der Waals surface area contributed by atoms with Gasteiger partial charge in [-0.25, -0.2) is 13.2 Å². The highest BCUT2D eigenvalue weighted by Crippen LogP contribution is 2.51. The van der Waals surface area contributed by atoms with Gasteiger partial charge in [-0.2, -0.15) is 0 Å². The van der Waals surface area contributed by atoms with Crippen molar-refractivity contribution in [3.8, 4) is 0 Å². The van der Waals surface area contributed by atoms with Gasteiger partial charge in [0.15, 0.2) is 11.6 Å². The number of esters is 1. The third-order valence-corrected chi connectivity index (χ3v) is 5.15. The summed E-state index contributed by atoms with van der Waals surface area (Å²) in [5.74, 6) is -4.10. The molecule has 3 atom stereocenters. The average Bonchev–Trinajstić information content (AvgIpc) is 2.49. The molecule has 1 aromatic carbocycles. The van der Waals surface area contributed by atoms with Crippen LogP contribution in [0.4, 0.5) is 13.2 Å². The Morgan fingerprint density at radius 3 is 2.38 bits per heavy atom. The summed E-state index contributed by atoms with van der Waals surface area (Å²) in [6.45, 7) is 7.31. The molecular formula is C19H27ClF3NO2. The molecule has 0 spiro atoms. The molecule has 1 aliphatic carbocycles. The molecule has 1 saturated carbocycles. The summed E-state index contributed by atoms with van der Waals surface area (Å²) >= 11 is 0. The van der Waals surface area contributed by atoms with Crippen LogP contribution < -0.4 is 5.73 Å². The molecule has 148 valence electrons. The van der Waals surface area contributed by atoms with E-state index in [4.69, 9.17) is 10.5 Å². The average molecular weight is 394 g/mol. The van der Waals surface area contributed by atoms with E-state index in [1.165, 1.54) is 0 Å². The van der Waals surface area contributed by atoms with E-state index in [1.807, 2.05) is 13.8 Å². The minimum absolute atomic E-state index is 0. The zero-order valence-electron chi connectivity index (χ0n) is 15.6. The van der Waals surface area contributed by atoms with Crippen molar-refractivity contribution >= 4 is 18.4 Å². The molecular weight excluding hydrogens is 367 g/mol. The van der Waals surface area contributed by atoms with E-state index in [9.17, 15) is 18.0 Å². The molecule has 3 nitrogen and oxygen atoms in total. The number of carbonyl (C=O) groups is 1. The number of hydrogen-bond acceptors (Lipinski definition) is 3. The van der Waals surface area contributed by atoms with E-state index < -0.39 is 34.6 Å². The van der Waals surface area contributed by atoms with Crippen molar-refractivity contribution in [2.45, 2.75) is 64.5 Å². The van der Waals surface area contributed by atoms with Crippen LogP contribution in [-0.2, 0) is 15.1 Å². The Labute approximate surface area is 158 Å². The summed E-state index contributed by atoms with van der Waals surface area (Å²) in [6, 6.07) is 1.32. The number of halogens is 4. The van der Waals surface area contributed by atoms with Crippen molar-refractivity contribution in [3.63, 3.8) is 0 Å². The lowest BCUT2D eigenvalue weighted by molar-refractivity contribution is -0.181. The smallest absolute Gasteiger partial charge is 0.306 e. The third-order valence-electron chi connectivity index (χ3n) is 5.15. The first-order valence-corrected chi connectivity index (χ1v) is 8.68. The van der Waals surface area contributed by atoms with Crippen molar-refractivity contribution in [1.29, 1.82) is 0 Å². The Morgan fingerprint density at radius 2 is 1.85 bits per heavy atom. The normalized spacial score (nSPS) is 28.6. The lowest BCUT2D eigenvalue weighted by atomic mass is 9.61. The van der Waals surface area contributed by atoms with Gasteiger partial charge < -0.3 is 10.5 Å². The van der Waals surface area contributed by atoms with Gasteiger partial charge in [-0.3, -0.25) is 4.79 Å². The maximum Gasteiger partial charge on any atom is 0.306 e. The van der Waals surface area contributed by atoms with E-state index in [0.717, 1.165) is 6.07 Å². The van der Waals surface area contributed by atoms with Crippen LogP contribution in [0.1, 0.15) is 58.9 Å². The first kappa shape index (κ1) is 22.8. The van der Waals surface area contributed by atoms with E-state index in [2.05, 4.69) is 0 Å². The highest BCUT2D eigenvalue weighted by atomic mass is 35.5. The molecule has 2 rings (SSSR count). The summed E-state index contributed by atoms with van der Waals surface area (Å²) in [5, 5.41) is 0. The lowest BCUT2D eigenvalue weighted by Crippen LogP contribution is -2.55. The van der Waals surface area contributed by atoms with Crippen LogP contribution in [0.15, 0.2) is 12.1 Å². The van der Waals surface area contributed by atoms with Gasteiger partial charge in [0.25, 0.3) is 0 Å². The largest absolute Gasteiger partial charge is 0.454 e. The van der Waals surface area contributed by atoms with Crippen LogP contribution in [0.5, 0.6) is 0 Å². The van der Waals surface area contributed by atoms with Gasteiger partial charge >= 0.3 is 5.97 Å². The predicted octanol–water partition coefficient (Wildman–Crippen LogP) is 4.85. The lowest BCUT2D eigenvalue weighted by Gasteiger charge is -2.51. The highest BCUT2D eigenvalue weighted by Gasteiger charge is 2.53. The number of benzene rings is 1. The van der Waals surface area contributed by atoms with Gasteiger partial charge in [-0.15, -0.1) is 12.4 Å². The molecule has 0 heterocycles. The van der Waals surface area contributed by atoms with Gasteiger partial charge in [-0.1, -0.05) is 20.8 Å². The van der Waals surface area contributed by atoms with Crippen molar-refractivity contribution in [2.24, 2.45) is 17.6 Å². The highest BCUT2D eigenvalue weighted by molar-refractivity contribution is 5.85. The third kappa shape index (κ3) is 4.34. The topological polar surface area (TPSA) is 52.3 Å². The summed E-state index contributed by atoms with van der Waals surface area (Å²) in [5.41, 5.74) is 4.04. The van der Waals surface area contributed by atoms with Crippen LogP contribution in [0.2, 0.25) is 0 Å². The maximum absolute atomic E-state index is 14.7. The Morgan fingerprint density at radius 1 is 1.27 bits per heavy atom. The molecule has 1 fully saturated rings. The number of rotatable bonds is 4. The zero-order chi connectivity index (χ0) is 19.0. The molecule has 0 aromatic heterocycles. The first-order valence-electron chi connectivity index (χ1n) is 8.68. The van der Waals surface area contributed by atoms with Crippen LogP contribution in [0, 0.1) is 29.3 Å². The Kier molecular flexibility index (Phi) is 7.16. The predicted molar refractivity (Wildman–Crippen MR) is 96.4 cm³/mol. The van der Waals surface area contributed by atoms with Gasteiger partial charge in [0.1, 0.15) is 11.4 Å². The first-order chi connectivity index (χ1) is 11.5. The monoisotopic (exact) mass is 393 g/mol. The van der Waals surface area contributed by atoms with Crippen LogP contribution >= 0.6 is 12.4 Å². The molecule has 7 heteroatoms. The van der Waals surface area contributed by atoms with Crippen LogP contribution in [0.25, 0.3) is 0 Å². The van der Waals surface area contributed by atoms with Crippen molar-refractivity contribution in [2.75, 3.05) is 0 Å². The second-order valence-electron chi connectivity index (χ2n) is 7.68. The Bertz CT molecular complexity index is 666. The molecule has 0 saturated heterocycles. The van der Waals surface area contributed by atoms with Gasteiger partial charge in [-0.05, 0) is 31.7 Å². The number of carbonyl (C=O) groups excluding carboxylic acids is 1. The standard InChI is InChI=1S/C19H26F3NO2.ClH/c1-5-17(24)25-19(13-8-15(21)16(22)9-14(13)20)10-18(4,23)7-6-12(19)11(2)3;/h8-9,11-12H,5-7,10,23H2,1-4H3;1H. The summed E-state index contributed by atoms with van der Waals surface area (Å²) < 4.78 is 47.8. The fourth-order valence-electron chi connectivity index (χ4n) is 3.99. The Balaban J connectivity index is 0.00000338. The number of ether oxygens (including phenoxy) is 1. The van der Waals surface area contributed by atoms with Crippen LogP contribution in [-0.4, -0.2) is 11.5 Å². The number of hydrogen-bond donors (Lipinski definition) is 1. The molecule has 0 amide bonds.